The fourth-order valence-electron chi connectivity index (χ4n) is 8.33. The van der Waals surface area contributed by atoms with Gasteiger partial charge in [0.15, 0.2) is 23.2 Å². The van der Waals surface area contributed by atoms with Crippen LogP contribution in [0, 0.1) is 0 Å². The summed E-state index contributed by atoms with van der Waals surface area (Å²) in [4.78, 5) is 15.1. The molecule has 0 unspecified atom stereocenters. The van der Waals surface area contributed by atoms with E-state index in [-0.39, 0.29) is 0 Å². The van der Waals surface area contributed by atoms with Gasteiger partial charge in [0.25, 0.3) is 0 Å². The molecule has 11 aromatic rings. The minimum absolute atomic E-state index is 0.485. The van der Waals surface area contributed by atoms with E-state index in [4.69, 9.17) is 19.4 Å². The van der Waals surface area contributed by atoms with Gasteiger partial charge in [0.2, 0.25) is 0 Å². The fourth-order valence-corrected chi connectivity index (χ4v) is 8.33. The van der Waals surface area contributed by atoms with Gasteiger partial charge < -0.3 is 4.42 Å². The van der Waals surface area contributed by atoms with Crippen molar-refractivity contribution in [2.24, 2.45) is 0 Å². The van der Waals surface area contributed by atoms with Crippen LogP contribution in [0.3, 0.4) is 0 Å². The zero-order valence-electron chi connectivity index (χ0n) is 32.0. The van der Waals surface area contributed by atoms with Gasteiger partial charge in [0, 0.05) is 16.5 Å². The Morgan fingerprint density at radius 1 is 0.271 bits per heavy atom. The van der Waals surface area contributed by atoms with E-state index < -0.39 is 0 Å². The van der Waals surface area contributed by atoms with Gasteiger partial charge in [-0.1, -0.05) is 188 Å². The average Bonchev–Trinajstić information content (AvgIpc) is 3.76. The van der Waals surface area contributed by atoms with Gasteiger partial charge in [-0.3, -0.25) is 0 Å². The third-order valence-corrected chi connectivity index (χ3v) is 11.1. The Balaban J connectivity index is 1.04. The van der Waals surface area contributed by atoms with E-state index in [0.29, 0.717) is 23.2 Å². The Morgan fingerprint density at radius 3 is 1.29 bits per heavy atom. The number of nitrogens with zero attached hydrogens (tertiary/aromatic N) is 3. The molecule has 0 aliphatic rings. The first-order valence-electron chi connectivity index (χ1n) is 19.8. The van der Waals surface area contributed by atoms with E-state index in [0.717, 1.165) is 38.8 Å². The minimum Gasteiger partial charge on any atom is -0.453 e. The largest absolute Gasteiger partial charge is 0.453 e. The summed E-state index contributed by atoms with van der Waals surface area (Å²) in [5.41, 5.74) is 11.9. The SMILES string of the molecule is c1ccc(-c2cccc(-c3nc(-c4ccc(-c5c6ccccc6c(-c6cccc(-c7ccccc7)c6)c6ccccc56)cc4)nc(-c4cc5ccccc5o4)n3)c2)cc1. The number of hydrogen-bond acceptors (Lipinski definition) is 4. The number of hydrogen-bond donors (Lipinski definition) is 0. The Kier molecular flexibility index (Phi) is 8.45. The lowest BCUT2D eigenvalue weighted by molar-refractivity contribution is 0.625. The van der Waals surface area contributed by atoms with Crippen LogP contribution in [0.5, 0.6) is 0 Å². The highest BCUT2D eigenvalue weighted by Crippen LogP contribution is 2.44. The van der Waals surface area contributed by atoms with Crippen LogP contribution in [0.25, 0.3) is 111 Å². The van der Waals surface area contributed by atoms with E-state index in [1.54, 1.807) is 0 Å². The lowest BCUT2D eigenvalue weighted by Crippen LogP contribution is -2.00. The summed E-state index contributed by atoms with van der Waals surface area (Å²) in [6.45, 7) is 0. The summed E-state index contributed by atoms with van der Waals surface area (Å²) in [5.74, 6) is 2.24. The highest BCUT2D eigenvalue weighted by Gasteiger charge is 2.19. The van der Waals surface area contributed by atoms with Gasteiger partial charge in [-0.2, -0.15) is 0 Å². The van der Waals surface area contributed by atoms with Crippen molar-refractivity contribution in [1.29, 1.82) is 0 Å². The van der Waals surface area contributed by atoms with E-state index >= 15 is 0 Å². The standard InChI is InChI=1S/C55H35N3O/c1-3-15-36(16-4-1)40-20-13-22-43(33-40)52-47-26-10-8-24-45(47)51(46-25-9-11-27-48(46)52)38-29-31-39(32-30-38)53-56-54(44-23-14-21-41(34-44)37-17-5-2-6-18-37)58-55(57-53)50-35-42-19-7-12-28-49(42)59-50/h1-35H. The first kappa shape index (κ1) is 34.3. The van der Waals surface area contributed by atoms with Gasteiger partial charge in [0.05, 0.1) is 0 Å². The number of fused-ring (bicyclic) bond motifs is 3. The van der Waals surface area contributed by atoms with E-state index in [2.05, 4.69) is 176 Å². The van der Waals surface area contributed by atoms with Crippen molar-refractivity contribution in [3.05, 3.63) is 212 Å². The molecule has 0 bridgehead atoms. The molecule has 2 aromatic heterocycles. The third-order valence-electron chi connectivity index (χ3n) is 11.1. The van der Waals surface area contributed by atoms with Crippen LogP contribution in [0.2, 0.25) is 0 Å². The van der Waals surface area contributed by atoms with Gasteiger partial charge in [0.1, 0.15) is 5.58 Å². The quantitative estimate of drug-likeness (QED) is 0.152. The molecule has 4 nitrogen and oxygen atoms in total. The normalized spacial score (nSPS) is 11.4. The van der Waals surface area contributed by atoms with Gasteiger partial charge in [-0.05, 0) is 90.3 Å². The highest BCUT2D eigenvalue weighted by atomic mass is 16.3. The fraction of sp³-hybridized carbons (Fsp3) is 0. The van der Waals surface area contributed by atoms with Crippen LogP contribution in [0.15, 0.2) is 217 Å². The molecule has 0 amide bonds. The molecule has 0 aliphatic heterocycles. The molecule has 9 aromatic carbocycles. The maximum atomic E-state index is 6.31. The molecule has 0 radical (unpaired) electrons. The monoisotopic (exact) mass is 753 g/mol. The molecular formula is C55H35N3O. The third kappa shape index (κ3) is 6.34. The number of furan rings is 1. The van der Waals surface area contributed by atoms with Crippen molar-refractivity contribution < 1.29 is 4.42 Å². The highest BCUT2D eigenvalue weighted by molar-refractivity contribution is 6.21. The molecule has 0 fully saturated rings. The van der Waals surface area contributed by atoms with Crippen LogP contribution in [0.1, 0.15) is 0 Å². The summed E-state index contributed by atoms with van der Waals surface area (Å²) in [6, 6.07) is 74.4. The summed E-state index contributed by atoms with van der Waals surface area (Å²) in [5, 5.41) is 5.83. The number of rotatable bonds is 7. The molecule has 0 aliphatic carbocycles. The maximum absolute atomic E-state index is 6.31. The smallest absolute Gasteiger partial charge is 0.199 e. The van der Waals surface area contributed by atoms with Crippen LogP contribution >= 0.6 is 0 Å². The second-order valence-electron chi connectivity index (χ2n) is 14.8. The number of para-hydroxylation sites is 1. The zero-order valence-corrected chi connectivity index (χ0v) is 32.0. The van der Waals surface area contributed by atoms with Crippen LogP contribution < -0.4 is 0 Å². The summed E-state index contributed by atoms with van der Waals surface area (Å²) in [6.07, 6.45) is 0. The Bertz CT molecular complexity index is 3230. The molecule has 2 heterocycles. The summed E-state index contributed by atoms with van der Waals surface area (Å²) in [7, 11) is 0. The van der Waals surface area contributed by atoms with Crippen LogP contribution in [0.4, 0.5) is 0 Å². The molecule has 0 spiro atoms. The van der Waals surface area contributed by atoms with Crippen LogP contribution in [-0.4, -0.2) is 15.0 Å². The predicted molar refractivity (Wildman–Crippen MR) is 243 cm³/mol. The van der Waals surface area contributed by atoms with Gasteiger partial charge in [-0.25, -0.2) is 15.0 Å². The Labute approximate surface area is 341 Å². The molecule has 59 heavy (non-hydrogen) atoms. The Hall–Kier alpha value is -7.95. The topological polar surface area (TPSA) is 51.8 Å². The van der Waals surface area contributed by atoms with Gasteiger partial charge >= 0.3 is 0 Å². The summed E-state index contributed by atoms with van der Waals surface area (Å²) < 4.78 is 6.31. The van der Waals surface area contributed by atoms with Gasteiger partial charge in [-0.15, -0.1) is 0 Å². The second-order valence-corrected chi connectivity index (χ2v) is 14.8. The summed E-state index contributed by atoms with van der Waals surface area (Å²) >= 11 is 0. The number of aromatic nitrogens is 3. The van der Waals surface area contributed by atoms with E-state index in [1.807, 2.05) is 36.4 Å². The van der Waals surface area contributed by atoms with Crippen molar-refractivity contribution in [2.75, 3.05) is 0 Å². The Morgan fingerprint density at radius 2 is 0.695 bits per heavy atom. The molecule has 11 rings (SSSR count). The molecule has 0 N–H and O–H groups in total. The van der Waals surface area contributed by atoms with Crippen LogP contribution in [-0.2, 0) is 0 Å². The first-order valence-corrected chi connectivity index (χ1v) is 19.8. The van der Waals surface area contributed by atoms with Crippen molar-refractivity contribution >= 4 is 32.5 Å². The molecule has 0 atom stereocenters. The minimum atomic E-state index is 0.485. The molecule has 276 valence electrons. The van der Waals surface area contributed by atoms with E-state index in [1.165, 1.54) is 49.4 Å². The lowest BCUT2D eigenvalue weighted by Gasteiger charge is -2.18. The van der Waals surface area contributed by atoms with Crippen molar-refractivity contribution in [2.45, 2.75) is 0 Å². The zero-order chi connectivity index (χ0) is 39.1. The molecule has 0 saturated carbocycles. The second kappa shape index (κ2) is 14.5. The first-order chi connectivity index (χ1) is 29.2. The van der Waals surface area contributed by atoms with Crippen molar-refractivity contribution in [3.63, 3.8) is 0 Å². The predicted octanol–water partition coefficient (Wildman–Crippen LogP) is 14.6. The molecular weight excluding hydrogens is 719 g/mol. The van der Waals surface area contributed by atoms with Crippen molar-refractivity contribution in [1.82, 2.24) is 15.0 Å². The average molecular weight is 754 g/mol. The van der Waals surface area contributed by atoms with E-state index in [9.17, 15) is 0 Å². The lowest BCUT2D eigenvalue weighted by atomic mass is 9.85. The molecule has 4 heteroatoms. The van der Waals surface area contributed by atoms with Crippen molar-refractivity contribution in [3.8, 4) is 78.9 Å². The maximum Gasteiger partial charge on any atom is 0.199 e. The molecule has 0 saturated heterocycles. The number of benzene rings is 9.